The smallest absolute Gasteiger partial charge is 0.219 e. The second kappa shape index (κ2) is 4.75. The van der Waals surface area contributed by atoms with Gasteiger partial charge in [0.2, 0.25) is 5.91 Å². The highest BCUT2D eigenvalue weighted by Gasteiger charge is 2.21. The second-order valence-corrected chi connectivity index (χ2v) is 5.06. The molecule has 2 rings (SSSR count). The molecule has 0 spiro atoms. The van der Waals surface area contributed by atoms with Crippen LogP contribution in [0.1, 0.15) is 24.8 Å². The summed E-state index contributed by atoms with van der Waals surface area (Å²) in [5, 5.41) is 3.26. The number of aromatic nitrogens is 1. The van der Waals surface area contributed by atoms with Crippen molar-refractivity contribution in [3.05, 3.63) is 16.6 Å². The Hall–Kier alpha value is -0.900. The van der Waals surface area contributed by atoms with Crippen molar-refractivity contribution in [2.45, 2.75) is 26.2 Å². The van der Waals surface area contributed by atoms with E-state index in [9.17, 15) is 4.79 Å². The Kier molecular flexibility index (Phi) is 3.36. The zero-order valence-electron chi connectivity index (χ0n) is 8.98. The average molecular weight is 224 g/mol. The number of hydrogen-bond acceptors (Lipinski definition) is 3. The zero-order chi connectivity index (χ0) is 10.7. The van der Waals surface area contributed by atoms with Gasteiger partial charge in [-0.15, -0.1) is 11.3 Å². The van der Waals surface area contributed by atoms with E-state index in [0.717, 1.165) is 32.4 Å². The topological polar surface area (TPSA) is 33.2 Å². The molecule has 3 nitrogen and oxygen atoms in total. The molecular weight excluding hydrogens is 208 g/mol. The zero-order valence-corrected chi connectivity index (χ0v) is 9.80. The Balaban J connectivity index is 1.81. The number of piperidine rings is 1. The van der Waals surface area contributed by atoms with Crippen LogP contribution in [0.25, 0.3) is 0 Å². The van der Waals surface area contributed by atoms with Gasteiger partial charge >= 0.3 is 0 Å². The van der Waals surface area contributed by atoms with Crippen molar-refractivity contribution in [2.24, 2.45) is 5.92 Å². The van der Waals surface area contributed by atoms with Crippen molar-refractivity contribution >= 4 is 17.2 Å². The summed E-state index contributed by atoms with van der Waals surface area (Å²) in [6, 6.07) is 0. The minimum atomic E-state index is 0.211. The number of carbonyl (C=O) groups excluding carboxylic acids is 1. The lowest BCUT2D eigenvalue weighted by Crippen LogP contribution is -2.37. The molecule has 1 saturated heterocycles. The number of carbonyl (C=O) groups is 1. The van der Waals surface area contributed by atoms with E-state index in [0.29, 0.717) is 5.92 Å². The molecule has 0 N–H and O–H groups in total. The van der Waals surface area contributed by atoms with E-state index in [1.54, 1.807) is 18.3 Å². The van der Waals surface area contributed by atoms with E-state index in [1.807, 2.05) is 16.5 Å². The molecule has 0 radical (unpaired) electrons. The number of hydrogen-bond donors (Lipinski definition) is 0. The van der Waals surface area contributed by atoms with Crippen LogP contribution in [0.2, 0.25) is 0 Å². The van der Waals surface area contributed by atoms with Crippen LogP contribution in [-0.4, -0.2) is 28.9 Å². The molecule has 1 aliphatic heterocycles. The van der Waals surface area contributed by atoms with E-state index in [4.69, 9.17) is 0 Å². The standard InChI is InChI=1S/C11H16N2OS/c1-9(14)13-5-2-10(3-6-13)8-11-12-4-7-15-11/h4,7,10H,2-3,5-6,8H2,1H3. The molecule has 0 bridgehead atoms. The third kappa shape index (κ3) is 2.78. The molecule has 2 heterocycles. The first kappa shape index (κ1) is 10.6. The van der Waals surface area contributed by atoms with E-state index in [2.05, 4.69) is 4.98 Å². The first-order chi connectivity index (χ1) is 7.25. The van der Waals surface area contributed by atoms with Crippen LogP contribution in [0.15, 0.2) is 11.6 Å². The first-order valence-electron chi connectivity index (χ1n) is 5.39. The lowest BCUT2D eigenvalue weighted by Gasteiger charge is -2.30. The van der Waals surface area contributed by atoms with Crippen molar-refractivity contribution < 1.29 is 4.79 Å². The lowest BCUT2D eigenvalue weighted by molar-refractivity contribution is -0.130. The summed E-state index contributed by atoms with van der Waals surface area (Å²) in [6.07, 6.45) is 5.20. The molecule has 1 aliphatic rings. The Morgan fingerprint density at radius 2 is 2.33 bits per heavy atom. The van der Waals surface area contributed by atoms with Crippen LogP contribution in [0.4, 0.5) is 0 Å². The fraction of sp³-hybridized carbons (Fsp3) is 0.636. The van der Waals surface area contributed by atoms with Gasteiger partial charge in [-0.3, -0.25) is 4.79 Å². The van der Waals surface area contributed by atoms with Crippen molar-refractivity contribution in [1.82, 2.24) is 9.88 Å². The maximum Gasteiger partial charge on any atom is 0.219 e. The highest BCUT2D eigenvalue weighted by atomic mass is 32.1. The quantitative estimate of drug-likeness (QED) is 0.769. The molecule has 1 aromatic heterocycles. The number of amides is 1. The molecule has 1 amide bonds. The largest absolute Gasteiger partial charge is 0.343 e. The molecule has 4 heteroatoms. The minimum absolute atomic E-state index is 0.211. The third-order valence-corrected chi connectivity index (χ3v) is 3.81. The summed E-state index contributed by atoms with van der Waals surface area (Å²) >= 11 is 1.73. The van der Waals surface area contributed by atoms with Crippen LogP contribution >= 0.6 is 11.3 Å². The van der Waals surface area contributed by atoms with E-state index in [1.165, 1.54) is 5.01 Å². The summed E-state index contributed by atoms with van der Waals surface area (Å²) in [6.45, 7) is 3.50. The van der Waals surface area contributed by atoms with Crippen LogP contribution in [0.5, 0.6) is 0 Å². The average Bonchev–Trinajstić information content (AvgIpc) is 2.71. The van der Waals surface area contributed by atoms with Gasteiger partial charge in [-0.25, -0.2) is 4.98 Å². The fourth-order valence-electron chi connectivity index (χ4n) is 2.05. The lowest BCUT2D eigenvalue weighted by atomic mass is 9.94. The molecule has 15 heavy (non-hydrogen) atoms. The van der Waals surface area contributed by atoms with Crippen LogP contribution in [0, 0.1) is 5.92 Å². The first-order valence-corrected chi connectivity index (χ1v) is 6.27. The highest BCUT2D eigenvalue weighted by Crippen LogP contribution is 2.22. The van der Waals surface area contributed by atoms with Crippen molar-refractivity contribution in [3.8, 4) is 0 Å². The number of likely N-dealkylation sites (tertiary alicyclic amines) is 1. The molecule has 0 aliphatic carbocycles. The number of rotatable bonds is 2. The normalized spacial score (nSPS) is 18.1. The molecule has 0 unspecified atom stereocenters. The van der Waals surface area contributed by atoms with Crippen LogP contribution in [0.3, 0.4) is 0 Å². The molecule has 0 atom stereocenters. The Labute approximate surface area is 94.1 Å². The molecule has 1 aromatic rings. The highest BCUT2D eigenvalue weighted by molar-refractivity contribution is 7.09. The maximum absolute atomic E-state index is 11.1. The maximum atomic E-state index is 11.1. The summed E-state index contributed by atoms with van der Waals surface area (Å²) < 4.78 is 0. The summed E-state index contributed by atoms with van der Waals surface area (Å²) in [5.41, 5.74) is 0. The summed E-state index contributed by atoms with van der Waals surface area (Å²) in [5.74, 6) is 0.925. The van der Waals surface area contributed by atoms with E-state index < -0.39 is 0 Å². The fourth-order valence-corrected chi connectivity index (χ4v) is 2.79. The summed E-state index contributed by atoms with van der Waals surface area (Å²) in [4.78, 5) is 17.4. The van der Waals surface area contributed by atoms with Crippen LogP contribution < -0.4 is 0 Å². The van der Waals surface area contributed by atoms with Gasteiger partial charge in [0.25, 0.3) is 0 Å². The van der Waals surface area contributed by atoms with E-state index in [-0.39, 0.29) is 5.91 Å². The van der Waals surface area contributed by atoms with Crippen LogP contribution in [-0.2, 0) is 11.2 Å². The van der Waals surface area contributed by atoms with E-state index >= 15 is 0 Å². The van der Waals surface area contributed by atoms with Gasteiger partial charge in [-0.2, -0.15) is 0 Å². The Morgan fingerprint density at radius 1 is 1.60 bits per heavy atom. The van der Waals surface area contributed by atoms with Gasteiger partial charge in [0.15, 0.2) is 0 Å². The number of nitrogens with zero attached hydrogens (tertiary/aromatic N) is 2. The molecule has 0 saturated carbocycles. The molecule has 82 valence electrons. The van der Waals surface area contributed by atoms with Crippen molar-refractivity contribution in [3.63, 3.8) is 0 Å². The van der Waals surface area contributed by atoms with Gasteiger partial charge in [0, 0.05) is 38.0 Å². The van der Waals surface area contributed by atoms with Gasteiger partial charge in [0.05, 0.1) is 5.01 Å². The molecular formula is C11H16N2OS. The summed E-state index contributed by atoms with van der Waals surface area (Å²) in [7, 11) is 0. The molecule has 1 fully saturated rings. The third-order valence-electron chi connectivity index (χ3n) is 3.01. The Bertz CT molecular complexity index is 315. The van der Waals surface area contributed by atoms with Crippen molar-refractivity contribution in [1.29, 1.82) is 0 Å². The SMILES string of the molecule is CC(=O)N1CCC(Cc2nccs2)CC1. The van der Waals surface area contributed by atoms with Gasteiger partial charge in [-0.05, 0) is 18.8 Å². The monoisotopic (exact) mass is 224 g/mol. The van der Waals surface area contributed by atoms with Crippen molar-refractivity contribution in [2.75, 3.05) is 13.1 Å². The predicted molar refractivity (Wildman–Crippen MR) is 60.8 cm³/mol. The number of thiazole rings is 1. The van der Waals surface area contributed by atoms with Gasteiger partial charge < -0.3 is 4.90 Å². The van der Waals surface area contributed by atoms with Gasteiger partial charge in [0.1, 0.15) is 0 Å². The minimum Gasteiger partial charge on any atom is -0.343 e. The predicted octanol–water partition coefficient (Wildman–Crippen LogP) is 1.94. The van der Waals surface area contributed by atoms with Gasteiger partial charge in [-0.1, -0.05) is 0 Å². The second-order valence-electron chi connectivity index (χ2n) is 4.08. The molecule has 0 aromatic carbocycles. The Morgan fingerprint density at radius 3 is 2.87 bits per heavy atom.